The summed E-state index contributed by atoms with van der Waals surface area (Å²) >= 11 is -2.27. The van der Waals surface area contributed by atoms with Gasteiger partial charge in [-0.15, -0.1) is 0 Å². The van der Waals surface area contributed by atoms with Gasteiger partial charge in [0.2, 0.25) is 0 Å². The van der Waals surface area contributed by atoms with Crippen molar-refractivity contribution < 1.29 is 13.9 Å². The van der Waals surface area contributed by atoms with Crippen LogP contribution in [0.1, 0.15) is 30.0 Å². The fraction of sp³-hybridized carbons (Fsp3) is 0.500. The second kappa shape index (κ2) is 4.18. The summed E-state index contributed by atoms with van der Waals surface area (Å²) < 4.78 is 22.5. The van der Waals surface area contributed by atoms with Gasteiger partial charge < -0.3 is 9.66 Å². The zero-order valence-electron chi connectivity index (χ0n) is 9.45. The molecular formula is C12H15O3S-. The van der Waals surface area contributed by atoms with E-state index in [2.05, 4.69) is 6.92 Å². The van der Waals surface area contributed by atoms with Crippen molar-refractivity contribution in [1.29, 1.82) is 0 Å². The molecule has 4 heteroatoms. The fourth-order valence-corrected chi connectivity index (χ4v) is 3.14. The third kappa shape index (κ3) is 1.87. The number of fused-ring (bicyclic) bond motifs is 1. The van der Waals surface area contributed by atoms with Crippen molar-refractivity contribution in [3.8, 4) is 5.75 Å². The molecule has 1 aromatic carbocycles. The van der Waals surface area contributed by atoms with Crippen molar-refractivity contribution in [2.45, 2.75) is 38.0 Å². The van der Waals surface area contributed by atoms with Crippen LogP contribution in [0.25, 0.3) is 0 Å². The Balaban J connectivity index is 2.65. The normalized spacial score (nSPS) is 21.6. The highest BCUT2D eigenvalue weighted by molar-refractivity contribution is 7.79. The largest absolute Gasteiger partial charge is 0.768 e. The van der Waals surface area contributed by atoms with Crippen LogP contribution in [0.5, 0.6) is 5.75 Å². The van der Waals surface area contributed by atoms with Gasteiger partial charge in [-0.3, -0.25) is 4.21 Å². The fourth-order valence-electron chi connectivity index (χ4n) is 2.37. The van der Waals surface area contributed by atoms with Crippen molar-refractivity contribution in [3.05, 3.63) is 22.8 Å². The van der Waals surface area contributed by atoms with E-state index in [-0.39, 0.29) is 5.75 Å². The maximum Gasteiger partial charge on any atom is 0.119 e. The van der Waals surface area contributed by atoms with Gasteiger partial charge in [-0.2, -0.15) is 0 Å². The number of hydrogen-bond donors (Lipinski definition) is 1. The standard InChI is InChI=1S/C12H16O3S/c1-7-3-4-9-6-11(13)8(2)12(16(14)15)10(9)5-7/h6-7,13H,3-5H2,1-2H3,(H,14,15)/p-1. The number of aryl methyl sites for hydroxylation is 1. The molecule has 1 aliphatic carbocycles. The highest BCUT2D eigenvalue weighted by Crippen LogP contribution is 2.35. The molecule has 0 saturated heterocycles. The molecule has 16 heavy (non-hydrogen) atoms. The minimum atomic E-state index is -2.27. The van der Waals surface area contributed by atoms with Crippen LogP contribution in [0, 0.1) is 12.8 Å². The average molecular weight is 239 g/mol. The SMILES string of the molecule is Cc1c(O)cc2c(c1S(=O)[O-])CC(C)CC2. The summed E-state index contributed by atoms with van der Waals surface area (Å²) in [6.07, 6.45) is 2.70. The van der Waals surface area contributed by atoms with Gasteiger partial charge in [0.05, 0.1) is 0 Å². The molecule has 3 nitrogen and oxygen atoms in total. The van der Waals surface area contributed by atoms with Gasteiger partial charge >= 0.3 is 0 Å². The van der Waals surface area contributed by atoms with Crippen LogP contribution >= 0.6 is 0 Å². The molecule has 0 bridgehead atoms. The van der Waals surface area contributed by atoms with Crippen LogP contribution in [0.15, 0.2) is 11.0 Å². The Morgan fingerprint density at radius 3 is 2.88 bits per heavy atom. The highest BCUT2D eigenvalue weighted by Gasteiger charge is 2.21. The highest BCUT2D eigenvalue weighted by atomic mass is 32.2. The van der Waals surface area contributed by atoms with E-state index < -0.39 is 11.1 Å². The predicted octanol–water partition coefficient (Wildman–Crippen LogP) is 2.06. The quantitative estimate of drug-likeness (QED) is 0.763. The second-order valence-electron chi connectivity index (χ2n) is 4.57. The topological polar surface area (TPSA) is 60.4 Å². The first-order valence-electron chi connectivity index (χ1n) is 5.44. The van der Waals surface area contributed by atoms with Crippen LogP contribution < -0.4 is 0 Å². The van der Waals surface area contributed by atoms with Gasteiger partial charge in [0.1, 0.15) is 5.75 Å². The number of rotatable bonds is 1. The lowest BCUT2D eigenvalue weighted by Crippen LogP contribution is -2.15. The second-order valence-corrected chi connectivity index (χ2v) is 5.45. The number of benzene rings is 1. The maximum atomic E-state index is 11.2. The van der Waals surface area contributed by atoms with E-state index in [0.29, 0.717) is 16.4 Å². The summed E-state index contributed by atoms with van der Waals surface area (Å²) in [5.41, 5.74) is 2.36. The number of aromatic hydroxyl groups is 1. The molecule has 0 aliphatic heterocycles. The number of phenolic OH excluding ortho intramolecular Hbond substituents is 1. The minimum Gasteiger partial charge on any atom is -0.768 e. The van der Waals surface area contributed by atoms with E-state index in [1.165, 1.54) is 0 Å². The van der Waals surface area contributed by atoms with Crippen LogP contribution in [0.4, 0.5) is 0 Å². The van der Waals surface area contributed by atoms with Gasteiger partial charge in [0.25, 0.3) is 0 Å². The van der Waals surface area contributed by atoms with Gasteiger partial charge in [0.15, 0.2) is 0 Å². The van der Waals surface area contributed by atoms with Gasteiger partial charge in [-0.25, -0.2) is 0 Å². The van der Waals surface area contributed by atoms with Crippen LogP contribution in [0.3, 0.4) is 0 Å². The lowest BCUT2D eigenvalue weighted by molar-refractivity contribution is 0.454. The Bertz CT molecular complexity index is 454. The predicted molar refractivity (Wildman–Crippen MR) is 61.2 cm³/mol. The molecule has 1 aliphatic rings. The molecule has 0 amide bonds. The lowest BCUT2D eigenvalue weighted by Gasteiger charge is -2.26. The Kier molecular flexibility index (Phi) is 3.04. The molecule has 0 heterocycles. The molecule has 0 saturated carbocycles. The Morgan fingerprint density at radius 1 is 1.56 bits per heavy atom. The van der Waals surface area contributed by atoms with Crippen molar-refractivity contribution in [3.63, 3.8) is 0 Å². The van der Waals surface area contributed by atoms with E-state index >= 15 is 0 Å². The summed E-state index contributed by atoms with van der Waals surface area (Å²) in [5, 5.41) is 9.70. The van der Waals surface area contributed by atoms with E-state index in [4.69, 9.17) is 0 Å². The Hall–Kier alpha value is -0.870. The molecule has 1 aromatic rings. The van der Waals surface area contributed by atoms with Crippen molar-refractivity contribution >= 4 is 11.1 Å². The van der Waals surface area contributed by atoms with E-state index in [1.807, 2.05) is 0 Å². The van der Waals surface area contributed by atoms with E-state index in [0.717, 1.165) is 30.4 Å². The molecule has 2 rings (SSSR count). The zero-order chi connectivity index (χ0) is 11.9. The molecule has 0 spiro atoms. The third-order valence-electron chi connectivity index (χ3n) is 3.32. The molecule has 2 unspecified atom stereocenters. The molecule has 0 fully saturated rings. The molecule has 1 N–H and O–H groups in total. The van der Waals surface area contributed by atoms with Crippen molar-refractivity contribution in [2.24, 2.45) is 5.92 Å². The molecular weight excluding hydrogens is 224 g/mol. The summed E-state index contributed by atoms with van der Waals surface area (Å²) in [5.74, 6) is 0.603. The Labute approximate surface area is 97.8 Å². The molecule has 2 atom stereocenters. The Morgan fingerprint density at radius 2 is 2.25 bits per heavy atom. The number of phenols is 1. The van der Waals surface area contributed by atoms with E-state index in [9.17, 15) is 13.9 Å². The summed E-state index contributed by atoms with van der Waals surface area (Å²) in [4.78, 5) is 0.307. The first-order valence-corrected chi connectivity index (χ1v) is 6.51. The smallest absolute Gasteiger partial charge is 0.119 e. The monoisotopic (exact) mass is 239 g/mol. The zero-order valence-corrected chi connectivity index (χ0v) is 10.3. The summed E-state index contributed by atoms with van der Waals surface area (Å²) in [6, 6.07) is 1.72. The maximum absolute atomic E-state index is 11.2. The molecule has 0 radical (unpaired) electrons. The van der Waals surface area contributed by atoms with Crippen molar-refractivity contribution in [1.82, 2.24) is 0 Å². The van der Waals surface area contributed by atoms with E-state index in [1.54, 1.807) is 13.0 Å². The number of hydrogen-bond acceptors (Lipinski definition) is 3. The lowest BCUT2D eigenvalue weighted by atomic mass is 9.84. The molecule has 0 aromatic heterocycles. The van der Waals surface area contributed by atoms with Crippen LogP contribution in [-0.2, 0) is 23.9 Å². The van der Waals surface area contributed by atoms with Crippen LogP contribution in [-0.4, -0.2) is 13.9 Å². The van der Waals surface area contributed by atoms with Crippen LogP contribution in [0.2, 0.25) is 0 Å². The summed E-state index contributed by atoms with van der Waals surface area (Å²) in [7, 11) is 0. The summed E-state index contributed by atoms with van der Waals surface area (Å²) in [6.45, 7) is 3.78. The first kappa shape index (κ1) is 11.6. The average Bonchev–Trinajstić information content (AvgIpc) is 2.20. The first-order chi connectivity index (χ1) is 7.50. The van der Waals surface area contributed by atoms with Gasteiger partial charge in [-0.05, 0) is 60.4 Å². The minimum absolute atomic E-state index is 0.0903. The van der Waals surface area contributed by atoms with Gasteiger partial charge in [0, 0.05) is 10.5 Å². The molecule has 88 valence electrons. The third-order valence-corrected chi connectivity index (χ3v) is 4.21. The van der Waals surface area contributed by atoms with Gasteiger partial charge in [-0.1, -0.05) is 6.92 Å². The van der Waals surface area contributed by atoms with Crippen molar-refractivity contribution in [2.75, 3.05) is 0 Å².